The van der Waals surface area contributed by atoms with E-state index in [9.17, 15) is 9.59 Å². The van der Waals surface area contributed by atoms with Crippen molar-refractivity contribution >= 4 is 12.0 Å². The Kier molecular flexibility index (Phi) is 5.81. The van der Waals surface area contributed by atoms with Crippen LogP contribution in [0.1, 0.15) is 27.2 Å². The molecule has 0 bridgehead atoms. The highest BCUT2D eigenvalue weighted by molar-refractivity contribution is 5.76. The molecule has 2 amide bonds. The van der Waals surface area contributed by atoms with Gasteiger partial charge in [-0.05, 0) is 20.8 Å². The van der Waals surface area contributed by atoms with Gasteiger partial charge in [-0.1, -0.05) is 0 Å². The highest BCUT2D eigenvalue weighted by atomic mass is 16.6. The highest BCUT2D eigenvalue weighted by Gasteiger charge is 2.15. The average molecular weight is 231 g/mol. The average Bonchev–Trinajstić information content (AvgIpc) is 1.98. The molecule has 0 aromatic heterocycles. The maximum atomic E-state index is 11.2. The monoisotopic (exact) mass is 231 g/mol. The number of carbonyl (C=O) groups is 2. The molecule has 0 aromatic rings. The van der Waals surface area contributed by atoms with Crippen molar-refractivity contribution in [3.63, 3.8) is 0 Å². The number of carbonyl (C=O) groups excluding carboxylic acids is 2. The third-order valence-electron chi connectivity index (χ3n) is 1.37. The fourth-order valence-electron chi connectivity index (χ4n) is 0.898. The lowest BCUT2D eigenvalue weighted by Gasteiger charge is -2.19. The van der Waals surface area contributed by atoms with Gasteiger partial charge in [0, 0.05) is 27.1 Å². The molecule has 0 rings (SSSR count). The van der Waals surface area contributed by atoms with Crippen LogP contribution in [-0.4, -0.2) is 43.3 Å². The molecule has 0 spiro atoms. The predicted molar refractivity (Wildman–Crippen MR) is 60.7 cm³/mol. The molecule has 94 valence electrons. The minimum atomic E-state index is -0.518. The first-order valence-electron chi connectivity index (χ1n) is 5.14. The maximum absolute atomic E-state index is 11.2. The Hall–Kier alpha value is -1.30. The van der Waals surface area contributed by atoms with Crippen molar-refractivity contribution in [3.8, 4) is 0 Å². The number of hydrazine groups is 1. The van der Waals surface area contributed by atoms with Gasteiger partial charge in [0.05, 0.1) is 0 Å². The number of nitrogens with zero attached hydrogens (tertiary/aromatic N) is 1. The highest BCUT2D eigenvalue weighted by Crippen LogP contribution is 2.06. The topological polar surface area (TPSA) is 70.7 Å². The van der Waals surface area contributed by atoms with E-state index >= 15 is 0 Å². The zero-order valence-corrected chi connectivity index (χ0v) is 10.6. The van der Waals surface area contributed by atoms with Crippen molar-refractivity contribution in [2.24, 2.45) is 0 Å². The molecule has 0 aliphatic heterocycles. The summed E-state index contributed by atoms with van der Waals surface area (Å²) in [5, 5.41) is 4.05. The smallest absolute Gasteiger partial charge is 0.407 e. The minimum Gasteiger partial charge on any atom is -0.444 e. The number of rotatable bonds is 4. The largest absolute Gasteiger partial charge is 0.444 e. The molecule has 16 heavy (non-hydrogen) atoms. The number of nitrogens with one attached hydrogen (secondary N) is 2. The van der Waals surface area contributed by atoms with Gasteiger partial charge in [-0.2, -0.15) is 0 Å². The standard InChI is InChI=1S/C10H21N3O3/c1-10(2,3)16-9(15)11-7-6-8(14)12-13(4)5/h6-7H2,1-5H3,(H,11,15)(H,12,14). The van der Waals surface area contributed by atoms with Crippen molar-refractivity contribution in [1.82, 2.24) is 15.8 Å². The Morgan fingerprint density at radius 1 is 1.25 bits per heavy atom. The van der Waals surface area contributed by atoms with Crippen molar-refractivity contribution in [2.75, 3.05) is 20.6 Å². The number of hydrogen-bond acceptors (Lipinski definition) is 4. The van der Waals surface area contributed by atoms with E-state index in [1.165, 1.54) is 0 Å². The normalized spacial score (nSPS) is 11.1. The fraction of sp³-hybridized carbons (Fsp3) is 0.800. The molecule has 2 N–H and O–H groups in total. The summed E-state index contributed by atoms with van der Waals surface area (Å²) in [6, 6.07) is 0. The van der Waals surface area contributed by atoms with Crippen molar-refractivity contribution in [2.45, 2.75) is 32.8 Å². The molecule has 0 saturated carbocycles. The van der Waals surface area contributed by atoms with Gasteiger partial charge in [-0.3, -0.25) is 10.2 Å². The van der Waals surface area contributed by atoms with E-state index in [0.717, 1.165) is 0 Å². The van der Waals surface area contributed by atoms with E-state index < -0.39 is 11.7 Å². The van der Waals surface area contributed by atoms with Crippen molar-refractivity contribution < 1.29 is 14.3 Å². The van der Waals surface area contributed by atoms with Gasteiger partial charge < -0.3 is 10.1 Å². The molecule has 0 heterocycles. The summed E-state index contributed by atoms with van der Waals surface area (Å²) in [4.78, 5) is 22.4. The Balaban J connectivity index is 3.66. The molecule has 0 atom stereocenters. The van der Waals surface area contributed by atoms with Crippen molar-refractivity contribution in [1.29, 1.82) is 0 Å². The maximum Gasteiger partial charge on any atom is 0.407 e. The predicted octanol–water partition coefficient (Wildman–Crippen LogP) is 0.494. The fourth-order valence-corrected chi connectivity index (χ4v) is 0.898. The number of hydrogen-bond donors (Lipinski definition) is 2. The van der Waals surface area contributed by atoms with E-state index in [1.54, 1.807) is 39.9 Å². The van der Waals surface area contributed by atoms with E-state index in [2.05, 4.69) is 10.7 Å². The molecule has 0 aliphatic carbocycles. The zero-order valence-electron chi connectivity index (χ0n) is 10.6. The second-order valence-corrected chi connectivity index (χ2v) is 4.61. The van der Waals surface area contributed by atoms with Gasteiger partial charge in [0.15, 0.2) is 0 Å². The van der Waals surface area contributed by atoms with Crippen LogP contribution in [0.2, 0.25) is 0 Å². The molecular formula is C10H21N3O3. The lowest BCUT2D eigenvalue weighted by atomic mass is 10.2. The third kappa shape index (κ3) is 9.26. The van der Waals surface area contributed by atoms with Crippen LogP contribution < -0.4 is 10.7 Å². The van der Waals surface area contributed by atoms with Gasteiger partial charge in [0.2, 0.25) is 5.91 Å². The van der Waals surface area contributed by atoms with Crippen LogP contribution in [0.15, 0.2) is 0 Å². The van der Waals surface area contributed by atoms with Crippen LogP contribution in [0.3, 0.4) is 0 Å². The van der Waals surface area contributed by atoms with Gasteiger partial charge in [-0.15, -0.1) is 0 Å². The summed E-state index contributed by atoms with van der Waals surface area (Å²) in [6.45, 7) is 5.61. The Morgan fingerprint density at radius 2 is 1.81 bits per heavy atom. The Morgan fingerprint density at radius 3 is 2.25 bits per heavy atom. The first-order valence-corrected chi connectivity index (χ1v) is 5.14. The van der Waals surface area contributed by atoms with Gasteiger partial charge in [0.25, 0.3) is 0 Å². The second-order valence-electron chi connectivity index (χ2n) is 4.61. The van der Waals surface area contributed by atoms with Crippen LogP contribution >= 0.6 is 0 Å². The van der Waals surface area contributed by atoms with Crippen LogP contribution in [0, 0.1) is 0 Å². The first kappa shape index (κ1) is 14.7. The molecule has 6 nitrogen and oxygen atoms in total. The molecule has 0 saturated heterocycles. The van der Waals surface area contributed by atoms with Crippen LogP contribution in [0.5, 0.6) is 0 Å². The van der Waals surface area contributed by atoms with E-state index in [4.69, 9.17) is 4.74 Å². The van der Waals surface area contributed by atoms with Gasteiger partial charge >= 0.3 is 6.09 Å². The molecule has 0 fully saturated rings. The van der Waals surface area contributed by atoms with E-state index in [-0.39, 0.29) is 18.9 Å². The number of ether oxygens (including phenoxy) is 1. The van der Waals surface area contributed by atoms with Gasteiger partial charge in [0.1, 0.15) is 5.60 Å². The van der Waals surface area contributed by atoms with Gasteiger partial charge in [-0.25, -0.2) is 9.80 Å². The summed E-state index contributed by atoms with van der Waals surface area (Å²) >= 11 is 0. The second kappa shape index (κ2) is 6.32. The first-order chi connectivity index (χ1) is 7.20. The van der Waals surface area contributed by atoms with Crippen LogP contribution in [0.4, 0.5) is 4.79 Å². The van der Waals surface area contributed by atoms with E-state index in [0.29, 0.717) is 0 Å². The lowest BCUT2D eigenvalue weighted by molar-refractivity contribution is -0.124. The summed E-state index contributed by atoms with van der Waals surface area (Å²) in [6.07, 6.45) is -0.289. The Bertz CT molecular complexity index is 246. The molecule has 6 heteroatoms. The zero-order chi connectivity index (χ0) is 12.8. The molecule has 0 unspecified atom stereocenters. The quantitative estimate of drug-likeness (QED) is 0.691. The molecule has 0 aliphatic rings. The lowest BCUT2D eigenvalue weighted by Crippen LogP contribution is -2.39. The summed E-state index contributed by atoms with van der Waals surface area (Å²) in [7, 11) is 3.44. The van der Waals surface area contributed by atoms with E-state index in [1.807, 2.05) is 0 Å². The molecular weight excluding hydrogens is 210 g/mol. The third-order valence-corrected chi connectivity index (χ3v) is 1.37. The number of amides is 2. The molecule has 0 aromatic carbocycles. The summed E-state index contributed by atoms with van der Waals surface area (Å²) in [5.74, 6) is -0.152. The van der Waals surface area contributed by atoms with Crippen LogP contribution in [-0.2, 0) is 9.53 Å². The van der Waals surface area contributed by atoms with Crippen LogP contribution in [0.25, 0.3) is 0 Å². The minimum absolute atomic E-state index is 0.152. The summed E-state index contributed by atoms with van der Waals surface area (Å²) < 4.78 is 5.01. The van der Waals surface area contributed by atoms with Crippen molar-refractivity contribution in [3.05, 3.63) is 0 Å². The molecule has 0 radical (unpaired) electrons. The number of alkyl carbamates (subject to hydrolysis) is 1. The summed E-state index contributed by atoms with van der Waals surface area (Å²) in [5.41, 5.74) is 2.05. The Labute approximate surface area is 96.3 Å². The SMILES string of the molecule is CN(C)NC(=O)CCNC(=O)OC(C)(C)C.